The van der Waals surface area contributed by atoms with Crippen LogP contribution >= 0.6 is 0 Å². The molecule has 0 bridgehead atoms. The van der Waals surface area contributed by atoms with E-state index < -0.39 is 16.9 Å². The summed E-state index contributed by atoms with van der Waals surface area (Å²) in [7, 11) is -1.25. The monoisotopic (exact) mass is 224 g/mol. The molecule has 0 spiro atoms. The van der Waals surface area contributed by atoms with Gasteiger partial charge in [0, 0.05) is 9.80 Å². The van der Waals surface area contributed by atoms with Crippen LogP contribution < -0.4 is 0 Å². The number of rotatable bonds is 3. The second-order valence-electron chi connectivity index (χ2n) is 3.45. The van der Waals surface area contributed by atoms with E-state index in [2.05, 4.69) is 0 Å². The number of hydrogen-bond donors (Lipinski definition) is 1. The first-order valence-electron chi connectivity index (χ1n) is 4.89. The van der Waals surface area contributed by atoms with Gasteiger partial charge in [0.2, 0.25) is 0 Å². The van der Waals surface area contributed by atoms with Crippen LogP contribution in [0.15, 0.2) is 40.1 Å². The van der Waals surface area contributed by atoms with Crippen LogP contribution in [0.1, 0.15) is 19.4 Å². The Morgan fingerprint density at radius 3 is 2.33 bits per heavy atom. The van der Waals surface area contributed by atoms with Crippen molar-refractivity contribution in [2.45, 2.75) is 31.8 Å². The molecule has 15 heavy (non-hydrogen) atoms. The van der Waals surface area contributed by atoms with E-state index in [0.29, 0.717) is 4.91 Å². The maximum atomic E-state index is 12.0. The fourth-order valence-corrected chi connectivity index (χ4v) is 2.48. The van der Waals surface area contributed by atoms with Gasteiger partial charge in [0.1, 0.15) is 0 Å². The normalized spacial score (nSPS) is 16.1. The van der Waals surface area contributed by atoms with E-state index in [1.165, 1.54) is 0 Å². The van der Waals surface area contributed by atoms with E-state index >= 15 is 0 Å². The molecule has 82 valence electrons. The molecular formula is C12H16O2S. The van der Waals surface area contributed by atoms with Crippen molar-refractivity contribution < 1.29 is 9.32 Å². The Labute approximate surface area is 93.1 Å². The van der Waals surface area contributed by atoms with E-state index in [0.717, 1.165) is 10.5 Å². The highest BCUT2D eigenvalue weighted by molar-refractivity contribution is 7.89. The predicted molar refractivity (Wildman–Crippen MR) is 63.0 cm³/mol. The smallest absolute Gasteiger partial charge is 0.0845 e. The van der Waals surface area contributed by atoms with Crippen molar-refractivity contribution in [2.24, 2.45) is 0 Å². The molecule has 0 radical (unpaired) electrons. The van der Waals surface area contributed by atoms with Gasteiger partial charge in [-0.25, -0.2) is 4.21 Å². The third-order valence-corrected chi connectivity index (χ3v) is 3.85. The summed E-state index contributed by atoms with van der Waals surface area (Å²) in [5.74, 6) is 0. The third-order valence-electron chi connectivity index (χ3n) is 2.15. The highest BCUT2D eigenvalue weighted by atomic mass is 32.2. The van der Waals surface area contributed by atoms with Gasteiger partial charge in [-0.1, -0.05) is 23.8 Å². The largest absolute Gasteiger partial charge is 0.388 e. The van der Waals surface area contributed by atoms with Gasteiger partial charge in [0.25, 0.3) is 0 Å². The fraction of sp³-hybridized carbons (Fsp3) is 0.333. The lowest BCUT2D eigenvalue weighted by Crippen LogP contribution is -2.10. The zero-order valence-electron chi connectivity index (χ0n) is 9.23. The lowest BCUT2D eigenvalue weighted by molar-refractivity contribution is 0.239. The molecule has 0 aliphatic rings. The highest BCUT2D eigenvalue weighted by Gasteiger charge is 2.13. The van der Waals surface area contributed by atoms with Gasteiger partial charge < -0.3 is 5.11 Å². The minimum Gasteiger partial charge on any atom is -0.388 e. The molecule has 0 saturated carbocycles. The fourth-order valence-electron chi connectivity index (χ4n) is 1.30. The van der Waals surface area contributed by atoms with Crippen molar-refractivity contribution >= 4 is 10.8 Å². The lowest BCUT2D eigenvalue weighted by Gasteiger charge is -2.09. The lowest BCUT2D eigenvalue weighted by atomic mass is 10.2. The number of aryl methyl sites for hydroxylation is 1. The number of allylic oxidation sites excluding steroid dienone is 1. The Balaban J connectivity index is 2.99. The number of aliphatic hydroxyl groups excluding tert-OH is 1. The summed E-state index contributed by atoms with van der Waals surface area (Å²) in [6.07, 6.45) is 1.04. The predicted octanol–water partition coefficient (Wildman–Crippen LogP) is 2.39. The first kappa shape index (κ1) is 12.1. The van der Waals surface area contributed by atoms with Crippen LogP contribution in [0.3, 0.4) is 0 Å². The van der Waals surface area contributed by atoms with E-state index in [1.54, 1.807) is 19.9 Å². The molecule has 1 aromatic rings. The minimum absolute atomic E-state index is 0.554. The molecule has 2 nitrogen and oxygen atoms in total. The van der Waals surface area contributed by atoms with Crippen LogP contribution in [-0.2, 0) is 10.8 Å². The average Bonchev–Trinajstić information content (AvgIpc) is 2.19. The van der Waals surface area contributed by atoms with Gasteiger partial charge in [-0.05, 0) is 32.9 Å². The molecule has 3 heteroatoms. The van der Waals surface area contributed by atoms with Crippen LogP contribution in [0, 0.1) is 6.92 Å². The summed E-state index contributed by atoms with van der Waals surface area (Å²) in [5.41, 5.74) is 1.13. The molecule has 0 aliphatic carbocycles. The summed E-state index contributed by atoms with van der Waals surface area (Å²) in [4.78, 5) is 1.29. The summed E-state index contributed by atoms with van der Waals surface area (Å²) < 4.78 is 12.0. The first-order valence-corrected chi connectivity index (χ1v) is 6.04. The second kappa shape index (κ2) is 5.24. The molecule has 0 heterocycles. The van der Waals surface area contributed by atoms with Gasteiger partial charge in [-0.3, -0.25) is 0 Å². The average molecular weight is 224 g/mol. The van der Waals surface area contributed by atoms with Crippen molar-refractivity contribution in [3.63, 3.8) is 0 Å². The molecule has 0 aliphatic heterocycles. The molecule has 0 fully saturated rings. The molecule has 0 saturated heterocycles. The van der Waals surface area contributed by atoms with Crippen molar-refractivity contribution in [2.75, 3.05) is 0 Å². The van der Waals surface area contributed by atoms with Crippen LogP contribution in [0.5, 0.6) is 0 Å². The van der Waals surface area contributed by atoms with Crippen LogP contribution in [0.2, 0.25) is 0 Å². The Kier molecular flexibility index (Phi) is 4.24. The Morgan fingerprint density at radius 1 is 1.40 bits per heavy atom. The molecule has 0 aromatic heterocycles. The first-order chi connectivity index (χ1) is 7.06. The van der Waals surface area contributed by atoms with Crippen LogP contribution in [0.4, 0.5) is 0 Å². The maximum Gasteiger partial charge on any atom is 0.0845 e. The number of hydrogen-bond acceptors (Lipinski definition) is 2. The van der Waals surface area contributed by atoms with Crippen LogP contribution in [-0.4, -0.2) is 15.4 Å². The van der Waals surface area contributed by atoms with Gasteiger partial charge >= 0.3 is 0 Å². The van der Waals surface area contributed by atoms with Gasteiger partial charge in [-0.15, -0.1) is 0 Å². The highest BCUT2D eigenvalue weighted by Crippen LogP contribution is 2.17. The molecule has 1 rings (SSSR count). The maximum absolute atomic E-state index is 12.0. The quantitative estimate of drug-likeness (QED) is 0.856. The standard InChI is InChI=1S/C12H16O2S/c1-4-12(10(3)13)15(14)11-7-5-9(2)6-8-11/h4-8,10,13H,1-3H3/b12-4+/t10?,15-/m1/s1. The van der Waals surface area contributed by atoms with Crippen molar-refractivity contribution in [3.8, 4) is 0 Å². The van der Waals surface area contributed by atoms with Crippen molar-refractivity contribution in [1.29, 1.82) is 0 Å². The molecule has 1 aromatic carbocycles. The Bertz CT molecular complexity index is 377. The number of aliphatic hydroxyl groups is 1. The van der Waals surface area contributed by atoms with Gasteiger partial charge in [0.05, 0.1) is 16.9 Å². The SMILES string of the molecule is C/C=C(\C(C)O)[S@](=O)c1ccc(C)cc1. The zero-order valence-corrected chi connectivity index (χ0v) is 10.0. The molecule has 1 N–H and O–H groups in total. The number of benzene rings is 1. The third kappa shape index (κ3) is 3.01. The van der Waals surface area contributed by atoms with E-state index in [-0.39, 0.29) is 0 Å². The Morgan fingerprint density at radius 2 is 1.93 bits per heavy atom. The molecule has 0 amide bonds. The van der Waals surface area contributed by atoms with E-state index in [9.17, 15) is 9.32 Å². The summed E-state index contributed by atoms with van der Waals surface area (Å²) in [5, 5.41) is 9.44. The van der Waals surface area contributed by atoms with Gasteiger partial charge in [0.15, 0.2) is 0 Å². The summed E-state index contributed by atoms with van der Waals surface area (Å²) >= 11 is 0. The summed E-state index contributed by atoms with van der Waals surface area (Å²) in [6, 6.07) is 7.50. The van der Waals surface area contributed by atoms with Crippen LogP contribution in [0.25, 0.3) is 0 Å². The second-order valence-corrected chi connectivity index (χ2v) is 4.93. The van der Waals surface area contributed by atoms with Crippen molar-refractivity contribution in [3.05, 3.63) is 40.8 Å². The minimum atomic E-state index is -1.25. The molecular weight excluding hydrogens is 208 g/mol. The molecule has 1 unspecified atom stereocenters. The van der Waals surface area contributed by atoms with Gasteiger partial charge in [-0.2, -0.15) is 0 Å². The summed E-state index contributed by atoms with van der Waals surface area (Å²) in [6.45, 7) is 5.40. The zero-order chi connectivity index (χ0) is 11.4. The molecule has 2 atom stereocenters. The Hall–Kier alpha value is -0.930. The van der Waals surface area contributed by atoms with E-state index in [4.69, 9.17) is 0 Å². The van der Waals surface area contributed by atoms with E-state index in [1.807, 2.05) is 31.2 Å². The topological polar surface area (TPSA) is 37.3 Å². The van der Waals surface area contributed by atoms with Crippen molar-refractivity contribution in [1.82, 2.24) is 0 Å².